The highest BCUT2D eigenvalue weighted by atomic mass is 16.5. The monoisotopic (exact) mass is 288 g/mol. The Balaban J connectivity index is 1.73. The maximum absolute atomic E-state index is 5.49. The van der Waals surface area contributed by atoms with Crippen molar-refractivity contribution in [3.8, 4) is 11.5 Å². The molecule has 2 aliphatic heterocycles. The molecule has 1 atom stereocenters. The molecule has 1 fully saturated rings. The highest BCUT2D eigenvalue weighted by molar-refractivity contribution is 5.49. The molecule has 2 aromatic rings. The van der Waals surface area contributed by atoms with Crippen molar-refractivity contribution in [1.29, 1.82) is 0 Å². The lowest BCUT2D eigenvalue weighted by molar-refractivity contribution is 0.184. The number of ether oxygens (including phenoxy) is 1. The minimum Gasteiger partial charge on any atom is -0.379 e. The molecule has 2 aliphatic rings. The van der Waals surface area contributed by atoms with Gasteiger partial charge in [0.2, 0.25) is 0 Å². The predicted molar refractivity (Wildman–Crippen MR) is 77.0 cm³/mol. The van der Waals surface area contributed by atoms with Crippen molar-refractivity contribution in [3.63, 3.8) is 0 Å². The lowest BCUT2D eigenvalue weighted by atomic mass is 10.2. The van der Waals surface area contributed by atoms with E-state index in [0.29, 0.717) is 6.61 Å². The van der Waals surface area contributed by atoms with E-state index in [4.69, 9.17) is 9.72 Å². The van der Waals surface area contributed by atoms with Crippen molar-refractivity contribution >= 4 is 0 Å². The summed E-state index contributed by atoms with van der Waals surface area (Å²) in [7, 11) is 0. The summed E-state index contributed by atoms with van der Waals surface area (Å²) in [6, 6.07) is 0.282. The summed E-state index contributed by atoms with van der Waals surface area (Å²) < 4.78 is 9.72. The maximum Gasteiger partial charge on any atom is 0.178 e. The molecule has 2 aromatic heterocycles. The molecule has 7 heteroatoms. The zero-order valence-electron chi connectivity index (χ0n) is 12.2. The van der Waals surface area contributed by atoms with Gasteiger partial charge in [0.15, 0.2) is 5.82 Å². The number of nitrogens with zero attached hydrogens (tertiary/aromatic N) is 5. The molecule has 0 aliphatic carbocycles. The Hall–Kier alpha value is -1.73. The van der Waals surface area contributed by atoms with E-state index in [2.05, 4.69) is 26.2 Å². The minimum absolute atomic E-state index is 0.282. The Morgan fingerprint density at radius 1 is 1.33 bits per heavy atom. The number of rotatable bonds is 2. The fourth-order valence-corrected chi connectivity index (χ4v) is 3.05. The van der Waals surface area contributed by atoms with E-state index < -0.39 is 0 Å². The third-order valence-electron chi connectivity index (χ3n) is 4.13. The third kappa shape index (κ3) is 2.36. The SMILES string of the molecule is Cc1nc(-c2cn3c(n2)CCNCC3)n(C2CCOC2)n1. The zero-order valence-corrected chi connectivity index (χ0v) is 12.2. The third-order valence-corrected chi connectivity index (χ3v) is 4.13. The summed E-state index contributed by atoms with van der Waals surface area (Å²) >= 11 is 0. The Bertz CT molecular complexity index is 616. The van der Waals surface area contributed by atoms with Gasteiger partial charge in [-0.2, -0.15) is 5.10 Å². The second-order valence-corrected chi connectivity index (χ2v) is 5.68. The van der Waals surface area contributed by atoms with Gasteiger partial charge in [-0.1, -0.05) is 0 Å². The standard InChI is InChI=1S/C14H20N6O/c1-10-16-14(20(18-10)11-3-7-21-9-11)12-8-19-6-5-15-4-2-13(19)17-12/h8,11,15H,2-7,9H2,1H3. The number of hydrogen-bond acceptors (Lipinski definition) is 5. The first kappa shape index (κ1) is 13.0. The highest BCUT2D eigenvalue weighted by Gasteiger charge is 2.25. The molecule has 4 heterocycles. The number of aryl methyl sites for hydroxylation is 1. The van der Waals surface area contributed by atoms with Crippen LogP contribution in [0.15, 0.2) is 6.20 Å². The topological polar surface area (TPSA) is 69.8 Å². The summed E-state index contributed by atoms with van der Waals surface area (Å²) in [5.41, 5.74) is 0.930. The number of nitrogens with one attached hydrogen (secondary N) is 1. The van der Waals surface area contributed by atoms with Crippen LogP contribution in [0, 0.1) is 6.92 Å². The molecule has 1 unspecified atom stereocenters. The van der Waals surface area contributed by atoms with Gasteiger partial charge < -0.3 is 14.6 Å². The van der Waals surface area contributed by atoms with Crippen molar-refractivity contribution in [2.45, 2.75) is 32.4 Å². The number of imidazole rings is 1. The van der Waals surface area contributed by atoms with Crippen LogP contribution >= 0.6 is 0 Å². The van der Waals surface area contributed by atoms with Crippen LogP contribution in [0.1, 0.15) is 24.1 Å². The Kier molecular flexibility index (Phi) is 3.23. The molecule has 1 N–H and O–H groups in total. The molecule has 112 valence electrons. The largest absolute Gasteiger partial charge is 0.379 e. The van der Waals surface area contributed by atoms with Crippen LogP contribution < -0.4 is 5.32 Å². The average Bonchev–Trinajstić information content (AvgIpc) is 3.16. The summed E-state index contributed by atoms with van der Waals surface area (Å²) in [5.74, 6) is 2.79. The van der Waals surface area contributed by atoms with Crippen LogP contribution in [0.25, 0.3) is 11.5 Å². The van der Waals surface area contributed by atoms with Crippen molar-refractivity contribution in [2.75, 3.05) is 26.3 Å². The normalized spacial score (nSPS) is 22.2. The Morgan fingerprint density at radius 3 is 3.14 bits per heavy atom. The molecule has 0 saturated carbocycles. The van der Waals surface area contributed by atoms with Gasteiger partial charge in [0.05, 0.1) is 12.6 Å². The first-order valence-corrected chi connectivity index (χ1v) is 7.59. The van der Waals surface area contributed by atoms with E-state index in [1.807, 2.05) is 11.6 Å². The van der Waals surface area contributed by atoms with Gasteiger partial charge in [-0.3, -0.25) is 0 Å². The van der Waals surface area contributed by atoms with Gasteiger partial charge in [0.25, 0.3) is 0 Å². The average molecular weight is 288 g/mol. The second kappa shape index (κ2) is 5.23. The van der Waals surface area contributed by atoms with Crippen molar-refractivity contribution in [2.24, 2.45) is 0 Å². The fraction of sp³-hybridized carbons (Fsp3) is 0.643. The summed E-state index contributed by atoms with van der Waals surface area (Å²) in [6.07, 6.45) is 4.06. The van der Waals surface area contributed by atoms with E-state index in [1.54, 1.807) is 0 Å². The van der Waals surface area contributed by atoms with Crippen molar-refractivity contribution in [1.82, 2.24) is 29.6 Å². The van der Waals surface area contributed by atoms with E-state index in [1.165, 1.54) is 0 Å². The van der Waals surface area contributed by atoms with Gasteiger partial charge in [-0.25, -0.2) is 14.6 Å². The number of aromatic nitrogens is 5. The second-order valence-electron chi connectivity index (χ2n) is 5.68. The summed E-state index contributed by atoms with van der Waals surface area (Å²) in [5, 5.41) is 7.95. The quantitative estimate of drug-likeness (QED) is 0.874. The van der Waals surface area contributed by atoms with Gasteiger partial charge in [-0.05, 0) is 13.3 Å². The summed E-state index contributed by atoms with van der Waals surface area (Å²) in [6.45, 7) is 6.38. The lowest BCUT2D eigenvalue weighted by Gasteiger charge is -2.09. The molecule has 0 spiro atoms. The number of fused-ring (bicyclic) bond motifs is 1. The molecule has 0 bridgehead atoms. The van der Waals surface area contributed by atoms with Crippen LogP contribution in [0.2, 0.25) is 0 Å². The van der Waals surface area contributed by atoms with Gasteiger partial charge in [0.1, 0.15) is 17.3 Å². The number of hydrogen-bond donors (Lipinski definition) is 1. The van der Waals surface area contributed by atoms with Crippen LogP contribution in [0.5, 0.6) is 0 Å². The Labute approximate surface area is 123 Å². The molecule has 21 heavy (non-hydrogen) atoms. The van der Waals surface area contributed by atoms with Gasteiger partial charge in [0, 0.05) is 38.9 Å². The van der Waals surface area contributed by atoms with Gasteiger partial charge >= 0.3 is 0 Å². The molecule has 4 rings (SSSR count). The van der Waals surface area contributed by atoms with Gasteiger partial charge in [-0.15, -0.1) is 0 Å². The van der Waals surface area contributed by atoms with E-state index in [9.17, 15) is 0 Å². The van der Waals surface area contributed by atoms with Crippen molar-refractivity contribution < 1.29 is 4.74 Å². The van der Waals surface area contributed by atoms with Crippen LogP contribution in [0.4, 0.5) is 0 Å². The molecule has 0 aromatic carbocycles. The van der Waals surface area contributed by atoms with Crippen LogP contribution in [0.3, 0.4) is 0 Å². The molecule has 1 saturated heterocycles. The van der Waals surface area contributed by atoms with Crippen LogP contribution in [-0.2, 0) is 17.7 Å². The summed E-state index contributed by atoms with van der Waals surface area (Å²) in [4.78, 5) is 9.38. The Morgan fingerprint density at radius 2 is 2.29 bits per heavy atom. The smallest absolute Gasteiger partial charge is 0.178 e. The molecule has 0 amide bonds. The first-order valence-electron chi connectivity index (χ1n) is 7.59. The molecule has 0 radical (unpaired) electrons. The predicted octanol–water partition coefficient (Wildman–Crippen LogP) is 0.557. The first-order chi connectivity index (χ1) is 10.3. The molecular formula is C14H20N6O. The van der Waals surface area contributed by atoms with Crippen LogP contribution in [-0.4, -0.2) is 50.6 Å². The van der Waals surface area contributed by atoms with E-state index >= 15 is 0 Å². The lowest BCUT2D eigenvalue weighted by Crippen LogP contribution is -2.17. The minimum atomic E-state index is 0.282. The molecular weight excluding hydrogens is 268 g/mol. The fourth-order valence-electron chi connectivity index (χ4n) is 3.05. The van der Waals surface area contributed by atoms with E-state index in [0.717, 1.165) is 62.2 Å². The molecule has 7 nitrogen and oxygen atoms in total. The zero-order chi connectivity index (χ0) is 14.2. The van der Waals surface area contributed by atoms with E-state index in [-0.39, 0.29) is 6.04 Å². The van der Waals surface area contributed by atoms with Crippen molar-refractivity contribution in [3.05, 3.63) is 17.8 Å². The maximum atomic E-state index is 5.49. The highest BCUT2D eigenvalue weighted by Crippen LogP contribution is 2.25.